The molecule has 0 aliphatic heterocycles. The van der Waals surface area contributed by atoms with Gasteiger partial charge in [-0.15, -0.1) is 0 Å². The van der Waals surface area contributed by atoms with Gasteiger partial charge in [0.25, 0.3) is 0 Å². The second kappa shape index (κ2) is 12.7. The lowest BCUT2D eigenvalue weighted by molar-refractivity contribution is -0.150. The zero-order valence-electron chi connectivity index (χ0n) is 13.2. The van der Waals surface area contributed by atoms with Crippen LogP contribution in [0.1, 0.15) is 78.6 Å². The predicted octanol–water partition coefficient (Wildman–Crippen LogP) is 3.13. The van der Waals surface area contributed by atoms with Crippen molar-refractivity contribution in [2.75, 3.05) is 0 Å². The molecule has 0 fully saturated rings. The number of rotatable bonds is 12. The zero-order chi connectivity index (χ0) is 14.5. The van der Waals surface area contributed by atoms with Crippen LogP contribution in [-0.2, 0) is 14.0 Å². The molecule has 0 aliphatic rings. The van der Waals surface area contributed by atoms with Crippen LogP contribution in [-0.4, -0.2) is 28.7 Å². The Kier molecular flexibility index (Phi) is 12.4. The van der Waals surface area contributed by atoms with E-state index >= 15 is 0 Å². The van der Waals surface area contributed by atoms with Gasteiger partial charge in [0.1, 0.15) is 0 Å². The maximum absolute atomic E-state index is 11.6. The van der Waals surface area contributed by atoms with Gasteiger partial charge in [-0.3, -0.25) is 4.79 Å². The van der Waals surface area contributed by atoms with Crippen LogP contribution in [0.25, 0.3) is 0 Å². The molecule has 1 atom stereocenters. The molecule has 3 nitrogen and oxygen atoms in total. The van der Waals surface area contributed by atoms with E-state index in [-0.39, 0.29) is 18.2 Å². The summed E-state index contributed by atoms with van der Waals surface area (Å²) < 4.78 is 10.5. The minimum atomic E-state index is -0.349. The lowest BCUT2D eigenvalue weighted by Crippen LogP contribution is -2.28. The van der Waals surface area contributed by atoms with Crippen molar-refractivity contribution in [3.8, 4) is 0 Å². The first-order valence-corrected chi connectivity index (χ1v) is 8.66. The highest BCUT2D eigenvalue weighted by Crippen LogP contribution is 2.13. The first kappa shape index (κ1) is 18.6. The van der Waals surface area contributed by atoms with E-state index in [1.165, 1.54) is 44.9 Å². The largest absolute Gasteiger partial charge is 0.527 e. The van der Waals surface area contributed by atoms with Crippen molar-refractivity contribution in [3.63, 3.8) is 0 Å². The average Bonchev–Trinajstić information content (AvgIpc) is 2.39. The standard InChI is InChI=1S/C15H32O3Si/c1-4-5-6-7-8-9-10-11-12-14(15(16)18-19)17-13(2)3/h13-14H,4-12H2,1-3,19H3. The molecule has 0 aromatic carbocycles. The Labute approximate surface area is 122 Å². The highest BCUT2D eigenvalue weighted by atomic mass is 28.2. The number of carbonyl (C=O) groups excluding carboxylic acids is 1. The molecule has 0 aromatic heterocycles. The molecule has 0 bridgehead atoms. The third kappa shape index (κ3) is 11.2. The first-order chi connectivity index (χ1) is 9.11. The highest BCUT2D eigenvalue weighted by molar-refractivity contribution is 6.06. The highest BCUT2D eigenvalue weighted by Gasteiger charge is 2.19. The van der Waals surface area contributed by atoms with Crippen molar-refractivity contribution >= 4 is 16.5 Å². The smallest absolute Gasteiger partial charge is 0.321 e. The van der Waals surface area contributed by atoms with E-state index in [0.717, 1.165) is 12.8 Å². The summed E-state index contributed by atoms with van der Waals surface area (Å²) in [4.78, 5) is 11.6. The fourth-order valence-corrected chi connectivity index (χ4v) is 2.43. The molecule has 0 spiro atoms. The van der Waals surface area contributed by atoms with Gasteiger partial charge in [0.05, 0.1) is 6.10 Å². The molecular formula is C15H32O3Si. The molecule has 19 heavy (non-hydrogen) atoms. The van der Waals surface area contributed by atoms with Gasteiger partial charge >= 0.3 is 5.97 Å². The van der Waals surface area contributed by atoms with Crippen LogP contribution in [0, 0.1) is 0 Å². The van der Waals surface area contributed by atoms with Gasteiger partial charge in [0.15, 0.2) is 6.10 Å². The number of hydrogen-bond acceptors (Lipinski definition) is 3. The van der Waals surface area contributed by atoms with E-state index in [1.54, 1.807) is 0 Å². The molecule has 1 unspecified atom stereocenters. The van der Waals surface area contributed by atoms with Gasteiger partial charge in [0, 0.05) is 0 Å². The van der Waals surface area contributed by atoms with Crippen molar-refractivity contribution in [1.82, 2.24) is 0 Å². The Balaban J connectivity index is 3.61. The SMILES string of the molecule is CCCCCCCCCCC(OC(C)C)C(=O)O[SiH3]. The van der Waals surface area contributed by atoms with Crippen LogP contribution in [0.15, 0.2) is 0 Å². The van der Waals surface area contributed by atoms with Crippen molar-refractivity contribution in [3.05, 3.63) is 0 Å². The fraction of sp³-hybridized carbons (Fsp3) is 0.933. The van der Waals surface area contributed by atoms with Gasteiger partial charge < -0.3 is 9.16 Å². The molecule has 0 saturated heterocycles. The average molecular weight is 289 g/mol. The van der Waals surface area contributed by atoms with E-state index in [4.69, 9.17) is 9.16 Å². The second-order valence-electron chi connectivity index (χ2n) is 5.46. The maximum atomic E-state index is 11.6. The van der Waals surface area contributed by atoms with Crippen LogP contribution in [0.5, 0.6) is 0 Å². The summed E-state index contributed by atoms with van der Waals surface area (Å²) in [6.45, 7) is 6.16. The molecule has 114 valence electrons. The number of hydrogen-bond donors (Lipinski definition) is 0. The normalized spacial score (nSPS) is 12.8. The lowest BCUT2D eigenvalue weighted by atomic mass is 10.1. The van der Waals surface area contributed by atoms with Gasteiger partial charge in [0.2, 0.25) is 10.5 Å². The summed E-state index contributed by atoms with van der Waals surface area (Å²) >= 11 is 0. The summed E-state index contributed by atoms with van der Waals surface area (Å²) in [6.07, 6.45) is 10.7. The van der Waals surface area contributed by atoms with Crippen molar-refractivity contribution in [2.24, 2.45) is 0 Å². The van der Waals surface area contributed by atoms with E-state index < -0.39 is 0 Å². The fourth-order valence-electron chi connectivity index (χ4n) is 2.17. The van der Waals surface area contributed by atoms with Crippen molar-refractivity contribution < 1.29 is 14.0 Å². The van der Waals surface area contributed by atoms with Gasteiger partial charge in [-0.25, -0.2) is 0 Å². The molecule has 0 aromatic rings. The number of ether oxygens (including phenoxy) is 1. The molecule has 0 heterocycles. The summed E-state index contributed by atoms with van der Waals surface area (Å²) in [5, 5.41) is 0. The molecular weight excluding hydrogens is 256 g/mol. The zero-order valence-corrected chi connectivity index (χ0v) is 15.2. The third-order valence-electron chi connectivity index (χ3n) is 3.22. The van der Waals surface area contributed by atoms with Gasteiger partial charge in [-0.2, -0.15) is 0 Å². The van der Waals surface area contributed by atoms with Crippen LogP contribution in [0.3, 0.4) is 0 Å². The quantitative estimate of drug-likeness (QED) is 0.409. The van der Waals surface area contributed by atoms with E-state index in [9.17, 15) is 4.79 Å². The number of unbranched alkanes of at least 4 members (excludes halogenated alkanes) is 7. The monoisotopic (exact) mass is 288 g/mol. The first-order valence-electron chi connectivity index (χ1n) is 7.85. The second-order valence-corrected chi connectivity index (χ2v) is 5.87. The molecule has 0 rings (SSSR count). The lowest BCUT2D eigenvalue weighted by Gasteiger charge is -2.18. The summed E-state index contributed by atoms with van der Waals surface area (Å²) in [6, 6.07) is 0. The minimum absolute atomic E-state index is 0.0832. The Morgan fingerprint density at radius 2 is 1.53 bits per heavy atom. The van der Waals surface area contributed by atoms with Crippen LogP contribution in [0.4, 0.5) is 0 Å². The van der Waals surface area contributed by atoms with Crippen LogP contribution >= 0.6 is 0 Å². The molecule has 4 heteroatoms. The van der Waals surface area contributed by atoms with Crippen LogP contribution < -0.4 is 0 Å². The Morgan fingerprint density at radius 3 is 2.00 bits per heavy atom. The Bertz CT molecular complexity index is 219. The predicted molar refractivity (Wildman–Crippen MR) is 83.3 cm³/mol. The molecule has 0 saturated carbocycles. The Hall–Kier alpha value is -0.353. The van der Waals surface area contributed by atoms with E-state index in [2.05, 4.69) is 6.92 Å². The summed E-state index contributed by atoms with van der Waals surface area (Å²) in [7, 11) is 0.453. The maximum Gasteiger partial charge on any atom is 0.321 e. The summed E-state index contributed by atoms with van der Waals surface area (Å²) in [5.41, 5.74) is 0. The third-order valence-corrected chi connectivity index (χ3v) is 3.62. The molecule has 0 N–H and O–H groups in total. The molecule has 0 radical (unpaired) electrons. The summed E-state index contributed by atoms with van der Waals surface area (Å²) in [5.74, 6) is -0.177. The van der Waals surface area contributed by atoms with E-state index in [0.29, 0.717) is 10.5 Å². The molecule has 0 amide bonds. The van der Waals surface area contributed by atoms with Gasteiger partial charge in [-0.05, 0) is 20.3 Å². The van der Waals surface area contributed by atoms with Crippen LogP contribution in [0.2, 0.25) is 0 Å². The number of carbonyl (C=O) groups is 1. The van der Waals surface area contributed by atoms with Crippen molar-refractivity contribution in [1.29, 1.82) is 0 Å². The minimum Gasteiger partial charge on any atom is -0.527 e. The molecule has 0 aliphatic carbocycles. The van der Waals surface area contributed by atoms with Gasteiger partial charge in [-0.1, -0.05) is 58.3 Å². The Morgan fingerprint density at radius 1 is 1.00 bits per heavy atom. The topological polar surface area (TPSA) is 35.5 Å². The van der Waals surface area contributed by atoms with E-state index in [1.807, 2.05) is 13.8 Å². The van der Waals surface area contributed by atoms with Crippen molar-refractivity contribution in [2.45, 2.75) is 90.8 Å².